The minimum absolute atomic E-state index is 0.0248. The van der Waals surface area contributed by atoms with Gasteiger partial charge in [-0.25, -0.2) is 0 Å². The molecule has 0 aromatic heterocycles. The van der Waals surface area contributed by atoms with Crippen LogP contribution in [0.3, 0.4) is 0 Å². The Morgan fingerprint density at radius 2 is 1.87 bits per heavy atom. The molecule has 0 amide bonds. The van der Waals surface area contributed by atoms with Gasteiger partial charge in [0.15, 0.2) is 0 Å². The quantitative estimate of drug-likeness (QED) is 0.577. The number of likely N-dealkylation sites (tertiary alicyclic amines) is 1. The van der Waals surface area contributed by atoms with Crippen LogP contribution in [0.2, 0.25) is 0 Å². The highest BCUT2D eigenvalue weighted by atomic mass is 16.5. The normalized spacial score (nSPS) is 61.6. The molecule has 31 heavy (non-hydrogen) atoms. The second kappa shape index (κ2) is 6.65. The van der Waals surface area contributed by atoms with Crippen molar-refractivity contribution < 1.29 is 29.5 Å². The smallest absolute Gasteiger partial charge is 0.0796 e. The van der Waals surface area contributed by atoms with Gasteiger partial charge in [-0.2, -0.15) is 0 Å². The lowest BCUT2D eigenvalue weighted by Crippen LogP contribution is -2.76. The van der Waals surface area contributed by atoms with Crippen molar-refractivity contribution in [2.75, 3.05) is 41.0 Å². The summed E-state index contributed by atoms with van der Waals surface area (Å²) in [6.07, 6.45) is 1.65. The number of aliphatic hydroxyl groups excluding tert-OH is 2. The van der Waals surface area contributed by atoms with Gasteiger partial charge in [-0.3, -0.25) is 4.90 Å². The van der Waals surface area contributed by atoms with Crippen molar-refractivity contribution in [2.24, 2.45) is 40.4 Å². The summed E-state index contributed by atoms with van der Waals surface area (Å²) >= 11 is 0. The molecule has 176 valence electrons. The van der Waals surface area contributed by atoms with E-state index in [1.807, 2.05) is 0 Å². The van der Waals surface area contributed by atoms with Crippen LogP contribution in [0.15, 0.2) is 0 Å². The summed E-state index contributed by atoms with van der Waals surface area (Å²) in [6, 6.07) is 0.0561. The second-order valence-corrected chi connectivity index (χ2v) is 11.6. The third kappa shape index (κ3) is 2.12. The molecule has 1 aliphatic heterocycles. The van der Waals surface area contributed by atoms with Gasteiger partial charge in [0.1, 0.15) is 0 Å². The highest BCUT2D eigenvalue weighted by Crippen LogP contribution is 2.79. The Kier molecular flexibility index (Phi) is 4.56. The maximum Gasteiger partial charge on any atom is 0.0796 e. The molecule has 1 saturated heterocycles. The highest BCUT2D eigenvalue weighted by molar-refractivity contribution is 5.35. The molecule has 5 saturated carbocycles. The van der Waals surface area contributed by atoms with Crippen LogP contribution in [0, 0.1) is 40.4 Å². The number of aliphatic hydroxyl groups is 3. The second-order valence-electron chi connectivity index (χ2n) is 11.6. The molecule has 5 aliphatic carbocycles. The van der Waals surface area contributed by atoms with E-state index in [1.54, 1.807) is 21.3 Å². The average molecular weight is 438 g/mol. The molecular weight excluding hydrogens is 398 g/mol. The van der Waals surface area contributed by atoms with E-state index in [0.29, 0.717) is 13.0 Å². The third-order valence-corrected chi connectivity index (χ3v) is 11.1. The molecule has 0 aromatic rings. The molecule has 3 N–H and O–H groups in total. The first-order valence-corrected chi connectivity index (χ1v) is 12.2. The fourth-order valence-electron chi connectivity index (χ4n) is 10.7. The number of piperidine rings is 1. The van der Waals surface area contributed by atoms with Crippen molar-refractivity contribution >= 4 is 0 Å². The van der Waals surface area contributed by atoms with E-state index in [9.17, 15) is 15.3 Å². The van der Waals surface area contributed by atoms with Gasteiger partial charge in [0.25, 0.3) is 0 Å². The van der Waals surface area contributed by atoms with E-state index >= 15 is 0 Å². The minimum atomic E-state index is -1.05. The van der Waals surface area contributed by atoms with Crippen molar-refractivity contribution in [3.05, 3.63) is 0 Å². The lowest BCUT2D eigenvalue weighted by atomic mass is 9.43. The van der Waals surface area contributed by atoms with Gasteiger partial charge in [0.05, 0.1) is 36.6 Å². The standard InChI is InChI=1S/C24H39NO6/c1-5-25-10-22(11-29-2)7-6-15(26)24-13-8-12-14(30-3)9-23(28,16(13)18(12)27)17(21(24)25)19(31-4)20(22)24/h12-21,26-28H,5-11H2,1-4H3/t12-,13-,14+,15+,16-,17+,18+,19+,20-,21-,22+,23-,24?/m1/s1. The van der Waals surface area contributed by atoms with Crippen LogP contribution in [0.1, 0.15) is 32.6 Å². The van der Waals surface area contributed by atoms with E-state index in [4.69, 9.17) is 14.2 Å². The molecule has 6 fully saturated rings. The van der Waals surface area contributed by atoms with E-state index in [-0.39, 0.29) is 58.7 Å². The van der Waals surface area contributed by atoms with Crippen LogP contribution in [-0.4, -0.2) is 97.3 Å². The summed E-state index contributed by atoms with van der Waals surface area (Å²) in [4.78, 5) is 2.52. The van der Waals surface area contributed by atoms with Crippen LogP contribution in [0.4, 0.5) is 0 Å². The Bertz CT molecular complexity index is 752. The van der Waals surface area contributed by atoms with Crippen molar-refractivity contribution in [1.82, 2.24) is 4.90 Å². The molecule has 7 heteroatoms. The maximum absolute atomic E-state index is 12.5. The van der Waals surface area contributed by atoms with E-state index in [1.165, 1.54) is 0 Å². The molecule has 6 rings (SSSR count). The number of fused-ring (bicyclic) bond motifs is 2. The molecule has 1 unspecified atom stereocenters. The summed E-state index contributed by atoms with van der Waals surface area (Å²) in [7, 11) is 5.24. The van der Waals surface area contributed by atoms with E-state index in [0.717, 1.165) is 32.4 Å². The fourth-order valence-corrected chi connectivity index (χ4v) is 10.7. The molecule has 0 radical (unpaired) electrons. The first-order valence-electron chi connectivity index (χ1n) is 12.2. The summed E-state index contributed by atoms with van der Waals surface area (Å²) in [5.74, 6) is -0.168. The molecule has 6 aliphatic rings. The molecule has 1 spiro atoms. The molecule has 7 bridgehead atoms. The van der Waals surface area contributed by atoms with Crippen LogP contribution in [-0.2, 0) is 14.2 Å². The Morgan fingerprint density at radius 3 is 2.52 bits per heavy atom. The van der Waals surface area contributed by atoms with Gasteiger partial charge in [0.2, 0.25) is 0 Å². The Morgan fingerprint density at radius 1 is 1.10 bits per heavy atom. The largest absolute Gasteiger partial charge is 0.392 e. The predicted octanol–water partition coefficient (Wildman–Crippen LogP) is 0.502. The molecular formula is C24H39NO6. The number of nitrogens with zero attached hydrogens (tertiary/aromatic N) is 1. The van der Waals surface area contributed by atoms with E-state index < -0.39 is 17.8 Å². The first kappa shape index (κ1) is 21.3. The Balaban J connectivity index is 1.62. The zero-order chi connectivity index (χ0) is 21.9. The van der Waals surface area contributed by atoms with Crippen LogP contribution >= 0.6 is 0 Å². The van der Waals surface area contributed by atoms with Gasteiger partial charge in [-0.05, 0) is 31.7 Å². The van der Waals surface area contributed by atoms with Gasteiger partial charge in [-0.1, -0.05) is 6.92 Å². The Labute approximate surface area is 185 Å². The summed E-state index contributed by atoms with van der Waals surface area (Å²) in [5, 5.41) is 35.7. The summed E-state index contributed by atoms with van der Waals surface area (Å²) in [6.45, 7) is 4.63. The number of hydrogen-bond acceptors (Lipinski definition) is 7. The Hall–Kier alpha value is -0.280. The van der Waals surface area contributed by atoms with Crippen LogP contribution in [0.5, 0.6) is 0 Å². The lowest BCUT2D eigenvalue weighted by Gasteiger charge is -2.68. The zero-order valence-corrected chi connectivity index (χ0v) is 19.2. The first-order chi connectivity index (χ1) is 14.9. The topological polar surface area (TPSA) is 91.6 Å². The molecule has 7 nitrogen and oxygen atoms in total. The summed E-state index contributed by atoms with van der Waals surface area (Å²) in [5.41, 5.74) is -1.54. The van der Waals surface area contributed by atoms with Gasteiger partial charge >= 0.3 is 0 Å². The SMILES string of the molecule is CCN1C[C@]2(COC)CC[C@H](O)C34[C@@H]5C[C@H]6[C@H](O)[C@@H]5[C@](O)(C[C@@H]6OC)[C@@H]([C@H](OC)[C@@H]32)[C@@H]14. The van der Waals surface area contributed by atoms with Crippen molar-refractivity contribution in [3.8, 4) is 0 Å². The molecule has 0 aromatic carbocycles. The fraction of sp³-hybridized carbons (Fsp3) is 1.00. The monoisotopic (exact) mass is 437 g/mol. The minimum Gasteiger partial charge on any atom is -0.392 e. The van der Waals surface area contributed by atoms with Crippen LogP contribution < -0.4 is 0 Å². The van der Waals surface area contributed by atoms with E-state index in [2.05, 4.69) is 11.8 Å². The van der Waals surface area contributed by atoms with Gasteiger partial charge in [-0.15, -0.1) is 0 Å². The molecule has 13 atom stereocenters. The van der Waals surface area contributed by atoms with Crippen molar-refractivity contribution in [3.63, 3.8) is 0 Å². The number of methoxy groups -OCH3 is 3. The highest BCUT2D eigenvalue weighted by Gasteiger charge is 2.86. The van der Waals surface area contributed by atoms with Crippen LogP contribution in [0.25, 0.3) is 0 Å². The molecule has 1 heterocycles. The van der Waals surface area contributed by atoms with Gasteiger partial charge in [0, 0.05) is 74.8 Å². The number of rotatable bonds is 5. The third-order valence-electron chi connectivity index (χ3n) is 11.1. The summed E-state index contributed by atoms with van der Waals surface area (Å²) < 4.78 is 18.0. The predicted molar refractivity (Wildman–Crippen MR) is 112 cm³/mol. The van der Waals surface area contributed by atoms with Gasteiger partial charge < -0.3 is 29.5 Å². The van der Waals surface area contributed by atoms with Crippen molar-refractivity contribution in [2.45, 2.75) is 68.7 Å². The van der Waals surface area contributed by atoms with Crippen molar-refractivity contribution in [1.29, 1.82) is 0 Å². The zero-order valence-electron chi connectivity index (χ0n) is 19.2. The number of hydrogen-bond donors (Lipinski definition) is 3. The average Bonchev–Trinajstić information content (AvgIpc) is 3.16. The lowest BCUT2D eigenvalue weighted by molar-refractivity contribution is -0.272. The maximum atomic E-state index is 12.5. The number of ether oxygens (including phenoxy) is 3.